The first kappa shape index (κ1) is 12.2. The van der Waals surface area contributed by atoms with Crippen molar-refractivity contribution in [3.8, 4) is 0 Å². The second-order valence-electron chi connectivity index (χ2n) is 2.99. The van der Waals surface area contributed by atoms with Crippen LogP contribution < -0.4 is 4.72 Å². The quantitative estimate of drug-likeness (QED) is 0.794. The van der Waals surface area contributed by atoms with E-state index in [-0.39, 0.29) is 6.54 Å². The molecule has 0 radical (unpaired) electrons. The van der Waals surface area contributed by atoms with Gasteiger partial charge in [0, 0.05) is 13.1 Å². The van der Waals surface area contributed by atoms with Crippen molar-refractivity contribution in [2.45, 2.75) is 20.4 Å². The van der Waals surface area contributed by atoms with Crippen LogP contribution in [0.2, 0.25) is 0 Å². The lowest BCUT2D eigenvalue weighted by Crippen LogP contribution is -2.40. The topological polar surface area (TPSA) is 62.6 Å². The van der Waals surface area contributed by atoms with Crippen LogP contribution in [0.25, 0.3) is 0 Å². The standard InChI is InChI=1S/C9H16N2O3S/c1-3-11(4-2)15(12,13)10-8-9-6-5-7-14-9/h5-7,10H,3-4,8H2,1-2H3. The van der Waals surface area contributed by atoms with Crippen LogP contribution in [-0.4, -0.2) is 25.8 Å². The molecule has 1 aromatic rings. The van der Waals surface area contributed by atoms with E-state index >= 15 is 0 Å². The fourth-order valence-electron chi connectivity index (χ4n) is 1.23. The fourth-order valence-corrected chi connectivity index (χ4v) is 2.42. The highest BCUT2D eigenvalue weighted by atomic mass is 32.2. The van der Waals surface area contributed by atoms with Gasteiger partial charge in [-0.25, -0.2) is 0 Å². The van der Waals surface area contributed by atoms with E-state index in [2.05, 4.69) is 4.72 Å². The Balaban J connectivity index is 2.57. The van der Waals surface area contributed by atoms with Gasteiger partial charge >= 0.3 is 0 Å². The van der Waals surface area contributed by atoms with Crippen molar-refractivity contribution < 1.29 is 12.8 Å². The van der Waals surface area contributed by atoms with Crippen molar-refractivity contribution >= 4 is 10.2 Å². The summed E-state index contributed by atoms with van der Waals surface area (Å²) in [5, 5.41) is 0. The summed E-state index contributed by atoms with van der Waals surface area (Å²) < 4.78 is 32.2. The number of nitrogens with zero attached hydrogens (tertiary/aromatic N) is 1. The molecule has 0 aliphatic carbocycles. The van der Waals surface area contributed by atoms with E-state index in [9.17, 15) is 8.42 Å². The number of rotatable bonds is 6. The van der Waals surface area contributed by atoms with E-state index < -0.39 is 10.2 Å². The van der Waals surface area contributed by atoms with Crippen LogP contribution in [0.15, 0.2) is 22.8 Å². The first-order valence-corrected chi connectivity index (χ1v) is 6.31. The van der Waals surface area contributed by atoms with Crippen molar-refractivity contribution in [1.82, 2.24) is 9.03 Å². The predicted octanol–water partition coefficient (Wildman–Crippen LogP) is 0.956. The highest BCUT2D eigenvalue weighted by Gasteiger charge is 2.17. The molecule has 0 fully saturated rings. The molecule has 0 saturated heterocycles. The van der Waals surface area contributed by atoms with E-state index in [1.807, 2.05) is 0 Å². The Labute approximate surface area is 90.3 Å². The molecule has 5 nitrogen and oxygen atoms in total. The van der Waals surface area contributed by atoms with Gasteiger partial charge in [-0.15, -0.1) is 0 Å². The second kappa shape index (κ2) is 5.29. The van der Waals surface area contributed by atoms with Crippen LogP contribution in [0.5, 0.6) is 0 Å². The maximum absolute atomic E-state index is 11.7. The van der Waals surface area contributed by atoms with Crippen LogP contribution in [0.1, 0.15) is 19.6 Å². The van der Waals surface area contributed by atoms with E-state index in [4.69, 9.17) is 4.42 Å². The van der Waals surface area contributed by atoms with Crippen molar-refractivity contribution in [3.05, 3.63) is 24.2 Å². The predicted molar refractivity (Wildman–Crippen MR) is 57.4 cm³/mol. The van der Waals surface area contributed by atoms with Gasteiger partial charge in [-0.1, -0.05) is 13.8 Å². The molecule has 1 rings (SSSR count). The summed E-state index contributed by atoms with van der Waals surface area (Å²) in [5.41, 5.74) is 0. The van der Waals surface area contributed by atoms with Crippen LogP contribution in [0.3, 0.4) is 0 Å². The van der Waals surface area contributed by atoms with Crippen LogP contribution in [0.4, 0.5) is 0 Å². The van der Waals surface area contributed by atoms with Gasteiger partial charge in [-0.05, 0) is 12.1 Å². The molecule has 0 aromatic carbocycles. The average Bonchev–Trinajstić information content (AvgIpc) is 2.69. The minimum absolute atomic E-state index is 0.186. The molecule has 0 aliphatic heterocycles. The molecule has 0 amide bonds. The van der Waals surface area contributed by atoms with E-state index in [1.54, 1.807) is 26.0 Å². The lowest BCUT2D eigenvalue weighted by Gasteiger charge is -2.18. The molecule has 86 valence electrons. The molecular formula is C9H16N2O3S. The van der Waals surface area contributed by atoms with Gasteiger partial charge in [0.05, 0.1) is 12.8 Å². The molecule has 0 unspecified atom stereocenters. The highest BCUT2D eigenvalue weighted by Crippen LogP contribution is 2.02. The number of hydrogen-bond donors (Lipinski definition) is 1. The van der Waals surface area contributed by atoms with Crippen molar-refractivity contribution in [2.24, 2.45) is 0 Å². The molecule has 6 heteroatoms. The van der Waals surface area contributed by atoms with E-state index in [0.717, 1.165) is 0 Å². The lowest BCUT2D eigenvalue weighted by molar-refractivity contribution is 0.428. The summed E-state index contributed by atoms with van der Waals surface area (Å²) in [6.07, 6.45) is 1.51. The zero-order valence-corrected chi connectivity index (χ0v) is 9.75. The summed E-state index contributed by atoms with van der Waals surface area (Å²) in [5.74, 6) is 0.603. The summed E-state index contributed by atoms with van der Waals surface area (Å²) in [6, 6.07) is 3.45. The molecule has 0 atom stereocenters. The summed E-state index contributed by atoms with van der Waals surface area (Å²) in [6.45, 7) is 4.71. The molecule has 1 heterocycles. The molecule has 0 bridgehead atoms. The van der Waals surface area contributed by atoms with Gasteiger partial charge < -0.3 is 4.42 Å². The monoisotopic (exact) mass is 232 g/mol. The number of furan rings is 1. The molecule has 1 aromatic heterocycles. The van der Waals surface area contributed by atoms with Gasteiger partial charge in [-0.2, -0.15) is 17.4 Å². The molecule has 0 saturated carbocycles. The highest BCUT2D eigenvalue weighted by molar-refractivity contribution is 7.87. The Morgan fingerprint density at radius 3 is 2.53 bits per heavy atom. The van der Waals surface area contributed by atoms with Crippen LogP contribution in [-0.2, 0) is 16.8 Å². The van der Waals surface area contributed by atoms with Gasteiger partial charge in [0.15, 0.2) is 0 Å². The summed E-state index contributed by atoms with van der Waals surface area (Å²) in [4.78, 5) is 0. The molecule has 1 N–H and O–H groups in total. The third kappa shape index (κ3) is 3.33. The Kier molecular flexibility index (Phi) is 4.31. The van der Waals surface area contributed by atoms with Crippen molar-refractivity contribution in [3.63, 3.8) is 0 Å². The smallest absolute Gasteiger partial charge is 0.279 e. The average molecular weight is 232 g/mol. The van der Waals surface area contributed by atoms with Gasteiger partial charge in [0.2, 0.25) is 0 Å². The maximum Gasteiger partial charge on any atom is 0.279 e. The zero-order chi connectivity index (χ0) is 11.3. The maximum atomic E-state index is 11.7. The minimum Gasteiger partial charge on any atom is -0.468 e. The Bertz CT molecular complexity index is 368. The number of nitrogens with one attached hydrogen (secondary N) is 1. The molecule has 0 spiro atoms. The van der Waals surface area contributed by atoms with Crippen LogP contribution in [0, 0.1) is 0 Å². The van der Waals surface area contributed by atoms with Gasteiger partial charge in [0.1, 0.15) is 5.76 Å². The normalized spacial score (nSPS) is 12.2. The molecule has 0 aliphatic rings. The van der Waals surface area contributed by atoms with Crippen LogP contribution >= 0.6 is 0 Å². The number of hydrogen-bond acceptors (Lipinski definition) is 3. The largest absolute Gasteiger partial charge is 0.468 e. The van der Waals surface area contributed by atoms with Crippen molar-refractivity contribution in [2.75, 3.05) is 13.1 Å². The zero-order valence-electron chi connectivity index (χ0n) is 8.93. The SMILES string of the molecule is CCN(CC)S(=O)(=O)NCc1ccco1. The van der Waals surface area contributed by atoms with Gasteiger partial charge in [0.25, 0.3) is 10.2 Å². The fraction of sp³-hybridized carbons (Fsp3) is 0.556. The van der Waals surface area contributed by atoms with Crippen molar-refractivity contribution in [1.29, 1.82) is 0 Å². The third-order valence-electron chi connectivity index (χ3n) is 2.05. The Hall–Kier alpha value is -0.850. The second-order valence-corrected chi connectivity index (χ2v) is 4.75. The third-order valence-corrected chi connectivity index (χ3v) is 3.76. The first-order chi connectivity index (χ1) is 7.10. The van der Waals surface area contributed by atoms with E-state index in [1.165, 1.54) is 10.6 Å². The summed E-state index contributed by atoms with van der Waals surface area (Å²) >= 11 is 0. The first-order valence-electron chi connectivity index (χ1n) is 4.87. The molecular weight excluding hydrogens is 216 g/mol. The van der Waals surface area contributed by atoms with Gasteiger partial charge in [-0.3, -0.25) is 0 Å². The Morgan fingerprint density at radius 1 is 1.40 bits per heavy atom. The summed E-state index contributed by atoms with van der Waals surface area (Å²) in [7, 11) is -3.38. The van der Waals surface area contributed by atoms with E-state index in [0.29, 0.717) is 18.8 Å². The Morgan fingerprint density at radius 2 is 2.07 bits per heavy atom. The lowest BCUT2D eigenvalue weighted by atomic mass is 10.5. The minimum atomic E-state index is -3.38. The molecule has 15 heavy (non-hydrogen) atoms.